The van der Waals surface area contributed by atoms with Gasteiger partial charge in [0, 0.05) is 19.8 Å². The molecular formula is C22H42Br4. The maximum Gasteiger partial charge on any atom is 0.0276 e. The molecule has 4 heteroatoms. The lowest BCUT2D eigenvalue weighted by Gasteiger charge is -2.53. The number of halogens is 4. The molecule has 0 aromatic heterocycles. The second-order valence-electron chi connectivity index (χ2n) is 10.6. The van der Waals surface area contributed by atoms with Gasteiger partial charge in [0.25, 0.3) is 0 Å². The first-order valence-electron chi connectivity index (χ1n) is 9.95. The van der Waals surface area contributed by atoms with Gasteiger partial charge >= 0.3 is 0 Å². The summed E-state index contributed by atoms with van der Waals surface area (Å²) in [5.41, 5.74) is 1.02. The zero-order chi connectivity index (χ0) is 21.1. The molecule has 26 heavy (non-hydrogen) atoms. The third kappa shape index (κ3) is 6.73. The maximum atomic E-state index is 4.03. The highest BCUT2D eigenvalue weighted by molar-refractivity contribution is 9.12. The Hall–Kier alpha value is 1.92. The lowest BCUT2D eigenvalue weighted by molar-refractivity contribution is -0.0165. The molecular weight excluding hydrogens is 584 g/mol. The molecule has 0 rings (SSSR count). The summed E-state index contributed by atoms with van der Waals surface area (Å²) in [6.45, 7) is 24.2. The molecule has 0 nitrogen and oxygen atoms in total. The summed E-state index contributed by atoms with van der Waals surface area (Å²) in [6, 6.07) is 0. The van der Waals surface area contributed by atoms with Crippen LogP contribution >= 0.6 is 63.7 Å². The first kappa shape index (κ1) is 27.9. The maximum absolute atomic E-state index is 4.03. The van der Waals surface area contributed by atoms with Gasteiger partial charge in [0.1, 0.15) is 0 Å². The molecule has 0 spiro atoms. The lowest BCUT2D eigenvalue weighted by Crippen LogP contribution is -2.47. The smallest absolute Gasteiger partial charge is 0.0276 e. The highest BCUT2D eigenvalue weighted by Gasteiger charge is 2.49. The van der Waals surface area contributed by atoms with Gasteiger partial charge in [-0.15, -0.1) is 0 Å². The van der Waals surface area contributed by atoms with Crippen LogP contribution in [0, 0.1) is 27.6 Å². The minimum Gasteiger partial charge on any atom is -0.0916 e. The molecule has 0 fully saturated rings. The number of hydrogen-bond donors (Lipinski definition) is 0. The number of rotatable bonds is 11. The molecule has 0 aliphatic carbocycles. The molecule has 0 radical (unpaired) electrons. The molecule has 0 N–H and O–H groups in total. The van der Waals surface area contributed by atoms with Crippen LogP contribution in [0.1, 0.15) is 88.5 Å². The van der Waals surface area contributed by atoms with E-state index in [1.807, 2.05) is 0 Å². The summed E-state index contributed by atoms with van der Waals surface area (Å²) in [4.78, 5) is 1.45. The standard InChI is InChI=1S/C22H42Br4/c1-11-19(3,4)22(9,10)16(18(26)14-23)12-20(5,6)21(7,8)13-17(25)15(2)24/h15-18H,11-14H2,1-10H3. The van der Waals surface area contributed by atoms with E-state index >= 15 is 0 Å². The molecule has 4 unspecified atom stereocenters. The van der Waals surface area contributed by atoms with Crippen LogP contribution in [0.15, 0.2) is 0 Å². The van der Waals surface area contributed by atoms with Gasteiger partial charge in [0.05, 0.1) is 0 Å². The van der Waals surface area contributed by atoms with Crippen molar-refractivity contribution in [1.82, 2.24) is 0 Å². The summed E-state index contributed by atoms with van der Waals surface area (Å²) >= 11 is 15.4. The van der Waals surface area contributed by atoms with Crippen LogP contribution in [-0.4, -0.2) is 19.8 Å². The van der Waals surface area contributed by atoms with Crippen molar-refractivity contribution < 1.29 is 0 Å². The fourth-order valence-corrected chi connectivity index (χ4v) is 5.95. The molecule has 0 amide bonds. The van der Waals surface area contributed by atoms with Crippen LogP contribution in [0.4, 0.5) is 0 Å². The van der Waals surface area contributed by atoms with Gasteiger partial charge in [-0.2, -0.15) is 0 Å². The van der Waals surface area contributed by atoms with E-state index in [0.29, 0.717) is 25.8 Å². The van der Waals surface area contributed by atoms with Crippen molar-refractivity contribution in [2.75, 3.05) is 5.33 Å². The molecule has 0 bridgehead atoms. The summed E-state index contributed by atoms with van der Waals surface area (Å²) in [7, 11) is 0. The number of hydrogen-bond acceptors (Lipinski definition) is 0. The monoisotopic (exact) mass is 622 g/mol. The molecule has 0 aromatic rings. The summed E-state index contributed by atoms with van der Waals surface area (Å²) < 4.78 is 0. The largest absolute Gasteiger partial charge is 0.0916 e. The Bertz CT molecular complexity index is 424. The van der Waals surface area contributed by atoms with E-state index in [9.17, 15) is 0 Å². The molecule has 0 aliphatic heterocycles. The van der Waals surface area contributed by atoms with Crippen LogP contribution in [0.25, 0.3) is 0 Å². The second kappa shape index (κ2) is 10.3. The molecule has 4 atom stereocenters. The van der Waals surface area contributed by atoms with Crippen LogP contribution < -0.4 is 0 Å². The summed E-state index contributed by atoms with van der Waals surface area (Å²) in [5.74, 6) is 0.598. The molecule has 0 saturated carbocycles. The van der Waals surface area contributed by atoms with Crippen molar-refractivity contribution in [1.29, 1.82) is 0 Å². The van der Waals surface area contributed by atoms with Crippen molar-refractivity contribution in [2.24, 2.45) is 27.6 Å². The Labute approximate surface area is 198 Å². The quantitative estimate of drug-likeness (QED) is 0.201. The van der Waals surface area contributed by atoms with E-state index < -0.39 is 0 Å². The fraction of sp³-hybridized carbons (Fsp3) is 1.00. The van der Waals surface area contributed by atoms with Crippen molar-refractivity contribution >= 4 is 63.7 Å². The normalized spacial score (nSPS) is 19.2. The van der Waals surface area contributed by atoms with E-state index in [-0.39, 0.29) is 16.2 Å². The average Bonchev–Trinajstić information content (AvgIpc) is 2.50. The van der Waals surface area contributed by atoms with Crippen LogP contribution in [0.3, 0.4) is 0 Å². The van der Waals surface area contributed by atoms with E-state index in [4.69, 9.17) is 0 Å². The highest BCUT2D eigenvalue weighted by Crippen LogP contribution is 2.56. The van der Waals surface area contributed by atoms with Gasteiger partial charge in [0.15, 0.2) is 0 Å². The first-order chi connectivity index (χ1) is 11.5. The van der Waals surface area contributed by atoms with Crippen molar-refractivity contribution in [3.63, 3.8) is 0 Å². The van der Waals surface area contributed by atoms with E-state index in [2.05, 4.69) is 133 Å². The SMILES string of the molecule is CCC(C)(C)C(C)(C)C(CC(C)(C)C(C)(C)CC(Br)C(C)Br)C(Br)CBr. The summed E-state index contributed by atoms with van der Waals surface area (Å²) in [5, 5.41) is 0.997. The van der Waals surface area contributed by atoms with E-state index in [1.165, 1.54) is 12.8 Å². The first-order valence-corrected chi connectivity index (χ1v) is 13.8. The third-order valence-electron chi connectivity index (χ3n) is 7.91. The lowest BCUT2D eigenvalue weighted by atomic mass is 9.53. The van der Waals surface area contributed by atoms with E-state index in [1.54, 1.807) is 0 Å². The predicted molar refractivity (Wildman–Crippen MR) is 136 cm³/mol. The van der Waals surface area contributed by atoms with Crippen molar-refractivity contribution in [3.05, 3.63) is 0 Å². The Balaban J connectivity index is 5.76. The molecule has 158 valence electrons. The summed E-state index contributed by atoms with van der Waals surface area (Å²) in [6.07, 6.45) is 3.58. The topological polar surface area (TPSA) is 0 Å². The van der Waals surface area contributed by atoms with Crippen LogP contribution in [-0.2, 0) is 0 Å². The minimum atomic E-state index is 0.237. The number of alkyl halides is 4. The molecule has 0 saturated heterocycles. The Morgan fingerprint density at radius 1 is 0.692 bits per heavy atom. The second-order valence-corrected chi connectivity index (χ2v) is 15.0. The van der Waals surface area contributed by atoms with E-state index in [0.717, 1.165) is 11.8 Å². The van der Waals surface area contributed by atoms with Gasteiger partial charge in [-0.1, -0.05) is 139 Å². The van der Waals surface area contributed by atoms with Gasteiger partial charge in [-0.25, -0.2) is 0 Å². The van der Waals surface area contributed by atoms with Gasteiger partial charge < -0.3 is 0 Å². The van der Waals surface area contributed by atoms with Crippen molar-refractivity contribution in [2.45, 2.75) is 103 Å². The molecule has 0 aromatic carbocycles. The van der Waals surface area contributed by atoms with Crippen molar-refractivity contribution in [3.8, 4) is 0 Å². The molecule has 0 aliphatic rings. The zero-order valence-corrected chi connectivity index (χ0v) is 25.0. The Kier molecular flexibility index (Phi) is 11.1. The minimum absolute atomic E-state index is 0.237. The average molecular weight is 626 g/mol. The molecule has 0 heterocycles. The van der Waals surface area contributed by atoms with Gasteiger partial charge in [0.2, 0.25) is 0 Å². The van der Waals surface area contributed by atoms with Crippen LogP contribution in [0.5, 0.6) is 0 Å². The third-order valence-corrected chi connectivity index (χ3v) is 12.9. The highest BCUT2D eigenvalue weighted by atomic mass is 79.9. The Morgan fingerprint density at radius 3 is 1.46 bits per heavy atom. The zero-order valence-electron chi connectivity index (χ0n) is 18.6. The Morgan fingerprint density at radius 2 is 1.12 bits per heavy atom. The van der Waals surface area contributed by atoms with Gasteiger partial charge in [-0.05, 0) is 40.4 Å². The van der Waals surface area contributed by atoms with Gasteiger partial charge in [-0.3, -0.25) is 0 Å². The predicted octanol–water partition coefficient (Wildman–Crippen LogP) is 9.60. The fourth-order valence-electron chi connectivity index (χ4n) is 3.65. The van der Waals surface area contributed by atoms with Crippen LogP contribution in [0.2, 0.25) is 0 Å².